The van der Waals surface area contributed by atoms with Crippen molar-refractivity contribution in [1.82, 2.24) is 24.9 Å². The number of hydrogen-bond acceptors (Lipinski definition) is 9. The van der Waals surface area contributed by atoms with Crippen molar-refractivity contribution in [2.24, 2.45) is 5.10 Å². The topological polar surface area (TPSA) is 99.9 Å². The van der Waals surface area contributed by atoms with Gasteiger partial charge < -0.3 is 19.9 Å². The van der Waals surface area contributed by atoms with Gasteiger partial charge in [-0.1, -0.05) is 17.7 Å². The van der Waals surface area contributed by atoms with Crippen LogP contribution in [-0.2, 0) is 11.3 Å². The molecular formula is C28H29ClN8O2. The number of ether oxygens (including phenoxy) is 1. The fraction of sp³-hybridized carbons (Fsp3) is 0.286. The van der Waals surface area contributed by atoms with Crippen LogP contribution in [0.5, 0.6) is 0 Å². The van der Waals surface area contributed by atoms with Crippen LogP contribution in [0.25, 0.3) is 22.2 Å². The molecule has 0 amide bonds. The van der Waals surface area contributed by atoms with Crippen molar-refractivity contribution in [2.45, 2.75) is 13.5 Å². The summed E-state index contributed by atoms with van der Waals surface area (Å²) in [7, 11) is 2.15. The first-order chi connectivity index (χ1) is 19.0. The average molecular weight is 545 g/mol. The summed E-state index contributed by atoms with van der Waals surface area (Å²) in [6.45, 7) is 6.85. The Morgan fingerprint density at radius 1 is 1.05 bits per heavy atom. The van der Waals surface area contributed by atoms with Gasteiger partial charge in [-0.15, -0.1) is 5.10 Å². The quantitative estimate of drug-likeness (QED) is 0.377. The number of hydrazone groups is 1. The molecule has 0 unspecified atom stereocenters. The van der Waals surface area contributed by atoms with E-state index in [2.05, 4.69) is 49.8 Å². The highest BCUT2D eigenvalue weighted by molar-refractivity contribution is 6.33. The third kappa shape index (κ3) is 5.00. The van der Waals surface area contributed by atoms with Crippen molar-refractivity contribution >= 4 is 45.9 Å². The smallest absolute Gasteiger partial charge is 0.260 e. The first-order valence-electron chi connectivity index (χ1n) is 12.9. The molecule has 1 fully saturated rings. The summed E-state index contributed by atoms with van der Waals surface area (Å²) in [5.41, 5.74) is 7.09. The van der Waals surface area contributed by atoms with Crippen LogP contribution in [0.15, 0.2) is 64.6 Å². The molecule has 200 valence electrons. The van der Waals surface area contributed by atoms with E-state index in [0.717, 1.165) is 42.8 Å². The molecule has 2 aliphatic rings. The lowest BCUT2D eigenvalue weighted by atomic mass is 10.0. The van der Waals surface area contributed by atoms with Crippen molar-refractivity contribution in [2.75, 3.05) is 50.2 Å². The molecule has 2 aromatic heterocycles. The molecule has 39 heavy (non-hydrogen) atoms. The third-order valence-electron chi connectivity index (χ3n) is 7.10. The van der Waals surface area contributed by atoms with E-state index >= 15 is 0 Å². The number of pyridine rings is 1. The summed E-state index contributed by atoms with van der Waals surface area (Å²) in [5, 5.41) is 8.55. The van der Waals surface area contributed by atoms with Crippen LogP contribution in [-0.4, -0.2) is 65.3 Å². The van der Waals surface area contributed by atoms with Gasteiger partial charge >= 0.3 is 0 Å². The zero-order valence-corrected chi connectivity index (χ0v) is 22.6. The maximum Gasteiger partial charge on any atom is 0.260 e. The van der Waals surface area contributed by atoms with E-state index in [9.17, 15) is 4.79 Å². The monoisotopic (exact) mass is 544 g/mol. The largest absolute Gasteiger partial charge is 0.454 e. The molecule has 4 heterocycles. The van der Waals surface area contributed by atoms with Gasteiger partial charge in [0, 0.05) is 77.4 Å². The highest BCUT2D eigenvalue weighted by atomic mass is 35.5. The molecule has 0 bridgehead atoms. The number of nitrogens with one attached hydrogen (secondary N) is 2. The van der Waals surface area contributed by atoms with Crippen LogP contribution >= 0.6 is 11.6 Å². The van der Waals surface area contributed by atoms with Crippen molar-refractivity contribution in [1.29, 1.82) is 0 Å². The number of likely N-dealkylation sites (N-methyl/N-ethyl adjacent to an activating group) is 1. The second-order valence-electron chi connectivity index (χ2n) is 9.60. The number of benzene rings is 2. The summed E-state index contributed by atoms with van der Waals surface area (Å²) in [5.74, 6) is 0.896. The lowest BCUT2D eigenvalue weighted by Gasteiger charge is -2.34. The molecule has 2 aliphatic heterocycles. The molecule has 2 N–H and O–H groups in total. The average Bonchev–Trinajstić information content (AvgIpc) is 3.49. The van der Waals surface area contributed by atoms with Crippen molar-refractivity contribution in [3.05, 3.63) is 75.7 Å². The summed E-state index contributed by atoms with van der Waals surface area (Å²) in [6.07, 6.45) is 1.73. The van der Waals surface area contributed by atoms with Gasteiger partial charge in [0.05, 0.1) is 0 Å². The van der Waals surface area contributed by atoms with Gasteiger partial charge in [0.25, 0.3) is 5.56 Å². The first kappa shape index (κ1) is 25.1. The second-order valence-corrected chi connectivity index (χ2v) is 10.0. The predicted octanol–water partition coefficient (Wildman–Crippen LogP) is 3.87. The molecule has 0 aliphatic carbocycles. The van der Waals surface area contributed by atoms with E-state index in [1.807, 2.05) is 31.2 Å². The van der Waals surface area contributed by atoms with Crippen LogP contribution in [0, 0.1) is 0 Å². The minimum absolute atomic E-state index is 0.169. The van der Waals surface area contributed by atoms with Gasteiger partial charge in [-0.2, -0.15) is 4.98 Å². The van der Waals surface area contributed by atoms with Crippen molar-refractivity contribution in [3.8, 4) is 11.1 Å². The number of nitrogens with zero attached hydrogens (tertiary/aromatic N) is 6. The van der Waals surface area contributed by atoms with Gasteiger partial charge in [-0.05, 0) is 56.4 Å². The lowest BCUT2D eigenvalue weighted by molar-refractivity contribution is 0.313. The Morgan fingerprint density at radius 2 is 1.85 bits per heavy atom. The van der Waals surface area contributed by atoms with Crippen LogP contribution in [0.4, 0.5) is 17.3 Å². The van der Waals surface area contributed by atoms with Crippen molar-refractivity contribution < 1.29 is 4.74 Å². The SMILES string of the molecule is CCn1c(=O)c(-c2ccc(C3=NNCO3)cc2Cl)cc2cnc(Nc3ccc(N4CCN(C)CC4)cc3)nc21. The molecule has 11 heteroatoms. The fourth-order valence-electron chi connectivity index (χ4n) is 4.91. The number of anilines is 3. The molecule has 0 atom stereocenters. The van der Waals surface area contributed by atoms with Gasteiger partial charge in [0.2, 0.25) is 11.8 Å². The summed E-state index contributed by atoms with van der Waals surface area (Å²) < 4.78 is 7.08. The van der Waals surface area contributed by atoms with Crippen LogP contribution < -0.4 is 21.2 Å². The molecule has 10 nitrogen and oxygen atoms in total. The Bertz CT molecular complexity index is 1610. The highest BCUT2D eigenvalue weighted by Gasteiger charge is 2.18. The number of fused-ring (bicyclic) bond motifs is 1. The second kappa shape index (κ2) is 10.5. The van der Waals surface area contributed by atoms with Gasteiger partial charge in [-0.3, -0.25) is 14.8 Å². The number of halogens is 1. The summed E-state index contributed by atoms with van der Waals surface area (Å²) in [4.78, 5) is 27.5. The molecular weight excluding hydrogens is 516 g/mol. The van der Waals surface area contributed by atoms with Gasteiger partial charge in [0.1, 0.15) is 5.65 Å². The third-order valence-corrected chi connectivity index (χ3v) is 7.41. The molecule has 4 aromatic rings. The van der Waals surface area contributed by atoms with Crippen LogP contribution in [0.2, 0.25) is 5.02 Å². The highest BCUT2D eigenvalue weighted by Crippen LogP contribution is 2.29. The normalized spacial score (nSPS) is 15.7. The number of piperazine rings is 1. The van der Waals surface area contributed by atoms with E-state index in [4.69, 9.17) is 21.3 Å². The Kier molecular flexibility index (Phi) is 6.80. The number of aromatic nitrogens is 3. The molecule has 2 aromatic carbocycles. The van der Waals surface area contributed by atoms with Crippen molar-refractivity contribution in [3.63, 3.8) is 0 Å². The first-order valence-corrected chi connectivity index (χ1v) is 13.3. The molecule has 0 spiro atoms. The molecule has 0 saturated carbocycles. The lowest BCUT2D eigenvalue weighted by Crippen LogP contribution is -2.44. The molecule has 0 radical (unpaired) electrons. The van der Waals surface area contributed by atoms with E-state index in [1.54, 1.807) is 22.9 Å². The van der Waals surface area contributed by atoms with Gasteiger partial charge in [-0.25, -0.2) is 4.98 Å². The Balaban J connectivity index is 1.28. The zero-order valence-electron chi connectivity index (χ0n) is 21.8. The number of rotatable bonds is 6. The van der Waals surface area contributed by atoms with E-state index < -0.39 is 0 Å². The molecule has 1 saturated heterocycles. The Morgan fingerprint density at radius 3 is 2.54 bits per heavy atom. The minimum Gasteiger partial charge on any atom is -0.454 e. The standard InChI is InChI=1S/C28H29ClN8O2/c1-3-37-25-19(14-23(27(37)38)22-9-4-18(15-24(22)29)26-34-31-17-39-26)16-30-28(33-25)32-20-5-7-21(8-6-20)36-12-10-35(2)11-13-36/h4-9,14-16,31H,3,10-13,17H2,1-2H3,(H,30,32,33). The molecule has 6 rings (SSSR count). The zero-order chi connectivity index (χ0) is 26.9. The van der Waals surface area contributed by atoms with E-state index in [0.29, 0.717) is 46.9 Å². The van der Waals surface area contributed by atoms with Crippen LogP contribution in [0.1, 0.15) is 12.5 Å². The minimum atomic E-state index is -0.169. The maximum absolute atomic E-state index is 13.5. The number of hydrogen-bond donors (Lipinski definition) is 2. The van der Waals surface area contributed by atoms with Crippen LogP contribution in [0.3, 0.4) is 0 Å². The summed E-state index contributed by atoms with van der Waals surface area (Å²) >= 11 is 6.62. The van der Waals surface area contributed by atoms with E-state index in [1.165, 1.54) is 5.69 Å². The van der Waals surface area contributed by atoms with E-state index in [-0.39, 0.29) is 5.56 Å². The predicted molar refractivity (Wildman–Crippen MR) is 155 cm³/mol. The summed E-state index contributed by atoms with van der Waals surface area (Å²) in [6, 6.07) is 15.5. The van der Waals surface area contributed by atoms with Gasteiger partial charge in [0.15, 0.2) is 6.73 Å². The Labute approximate surface area is 230 Å². The number of aryl methyl sites for hydroxylation is 1. The Hall–Kier alpha value is -4.15. The fourth-order valence-corrected chi connectivity index (χ4v) is 5.19. The maximum atomic E-state index is 13.5.